The van der Waals surface area contributed by atoms with Crippen LogP contribution < -0.4 is 9.47 Å². The van der Waals surface area contributed by atoms with Gasteiger partial charge in [-0.05, 0) is 49.2 Å². The molecule has 1 aliphatic rings. The average Bonchev–Trinajstić information content (AvgIpc) is 3.05. The number of ether oxygens (including phenoxy) is 3. The second kappa shape index (κ2) is 9.14. The molecule has 1 aliphatic heterocycles. The number of rotatable bonds is 7. The lowest BCUT2D eigenvalue weighted by molar-refractivity contribution is -0.134. The summed E-state index contributed by atoms with van der Waals surface area (Å²) in [6, 6.07) is 10.8. The molecule has 2 aromatic carbocycles. The molecule has 0 saturated heterocycles. The van der Waals surface area contributed by atoms with Crippen molar-refractivity contribution in [2.75, 3.05) is 6.61 Å². The third-order valence-electron chi connectivity index (χ3n) is 3.97. The summed E-state index contributed by atoms with van der Waals surface area (Å²) in [7, 11) is 0. The summed E-state index contributed by atoms with van der Waals surface area (Å²) in [6.45, 7) is 4.06. The van der Waals surface area contributed by atoms with Crippen molar-refractivity contribution in [3.63, 3.8) is 0 Å². The van der Waals surface area contributed by atoms with Crippen LogP contribution in [0.4, 0.5) is 4.39 Å². The van der Waals surface area contributed by atoms with Crippen molar-refractivity contribution in [3.05, 3.63) is 65.1 Å². The van der Waals surface area contributed by atoms with Crippen LogP contribution in [0.2, 0.25) is 0 Å². The minimum Gasteiger partial charge on any atom is -0.490 e. The highest BCUT2D eigenvalue weighted by atomic mass is 19.1. The maximum Gasteiger partial charge on any atom is 0.363 e. The molecule has 0 amide bonds. The number of carbonyl (C=O) groups excluding carboxylic acids is 2. The molecule has 0 atom stereocenters. The van der Waals surface area contributed by atoms with Gasteiger partial charge in [0.2, 0.25) is 5.90 Å². The fourth-order valence-electron chi connectivity index (χ4n) is 2.66. The van der Waals surface area contributed by atoms with Crippen LogP contribution in [0.5, 0.6) is 11.5 Å². The Morgan fingerprint density at radius 2 is 1.97 bits per heavy atom. The van der Waals surface area contributed by atoms with Crippen molar-refractivity contribution < 1.29 is 28.2 Å². The third-order valence-corrected chi connectivity index (χ3v) is 3.97. The molecule has 150 valence electrons. The SMILES string of the molecule is CCCC(=O)Oc1ccc(/C=C2\N=C(c3ccccc3F)OC2=O)cc1OCC. The molecule has 29 heavy (non-hydrogen) atoms. The van der Waals surface area contributed by atoms with E-state index in [1.54, 1.807) is 24.3 Å². The fraction of sp³-hybridized carbons (Fsp3) is 0.227. The van der Waals surface area contributed by atoms with E-state index in [4.69, 9.17) is 14.2 Å². The van der Waals surface area contributed by atoms with E-state index < -0.39 is 11.8 Å². The summed E-state index contributed by atoms with van der Waals surface area (Å²) >= 11 is 0. The first-order valence-electron chi connectivity index (χ1n) is 9.26. The molecule has 0 aromatic heterocycles. The van der Waals surface area contributed by atoms with Gasteiger partial charge >= 0.3 is 11.9 Å². The van der Waals surface area contributed by atoms with Crippen LogP contribution in [-0.4, -0.2) is 24.4 Å². The molecule has 0 bridgehead atoms. The van der Waals surface area contributed by atoms with E-state index in [1.807, 2.05) is 13.8 Å². The van der Waals surface area contributed by atoms with Gasteiger partial charge in [0.1, 0.15) is 5.82 Å². The molecular weight excluding hydrogens is 377 g/mol. The predicted molar refractivity (Wildman–Crippen MR) is 105 cm³/mol. The summed E-state index contributed by atoms with van der Waals surface area (Å²) in [6.07, 6.45) is 2.48. The van der Waals surface area contributed by atoms with Crippen molar-refractivity contribution in [1.29, 1.82) is 0 Å². The van der Waals surface area contributed by atoms with E-state index in [-0.39, 0.29) is 23.1 Å². The van der Waals surface area contributed by atoms with Crippen molar-refractivity contribution in [1.82, 2.24) is 0 Å². The zero-order valence-electron chi connectivity index (χ0n) is 16.1. The first-order valence-corrected chi connectivity index (χ1v) is 9.26. The molecule has 0 spiro atoms. The number of carbonyl (C=O) groups is 2. The van der Waals surface area contributed by atoms with Gasteiger partial charge in [-0.3, -0.25) is 4.79 Å². The van der Waals surface area contributed by atoms with Crippen LogP contribution in [0.25, 0.3) is 6.08 Å². The summed E-state index contributed by atoms with van der Waals surface area (Å²) in [4.78, 5) is 28.0. The third kappa shape index (κ3) is 4.87. The van der Waals surface area contributed by atoms with Crippen LogP contribution in [0.1, 0.15) is 37.8 Å². The first kappa shape index (κ1) is 20.3. The van der Waals surface area contributed by atoms with Crippen molar-refractivity contribution >= 4 is 23.9 Å². The monoisotopic (exact) mass is 397 g/mol. The van der Waals surface area contributed by atoms with Crippen LogP contribution >= 0.6 is 0 Å². The number of nitrogens with zero attached hydrogens (tertiary/aromatic N) is 1. The number of halogens is 1. The quantitative estimate of drug-likeness (QED) is 0.396. The number of cyclic esters (lactones) is 1. The highest BCUT2D eigenvalue weighted by Crippen LogP contribution is 2.30. The van der Waals surface area contributed by atoms with Crippen molar-refractivity contribution in [3.8, 4) is 11.5 Å². The number of hydrogen-bond acceptors (Lipinski definition) is 6. The van der Waals surface area contributed by atoms with E-state index in [0.717, 1.165) is 0 Å². The van der Waals surface area contributed by atoms with Crippen molar-refractivity contribution in [2.45, 2.75) is 26.7 Å². The molecule has 0 aliphatic carbocycles. The van der Waals surface area contributed by atoms with Crippen LogP contribution in [0.15, 0.2) is 53.2 Å². The lowest BCUT2D eigenvalue weighted by Gasteiger charge is -2.11. The Kier molecular flexibility index (Phi) is 6.39. The molecule has 0 saturated carbocycles. The van der Waals surface area contributed by atoms with Gasteiger partial charge < -0.3 is 14.2 Å². The molecule has 0 N–H and O–H groups in total. The zero-order chi connectivity index (χ0) is 20.8. The number of aliphatic imine (C=N–C) groups is 1. The summed E-state index contributed by atoms with van der Waals surface area (Å²) in [5.41, 5.74) is 0.730. The van der Waals surface area contributed by atoms with Gasteiger partial charge in [0.05, 0.1) is 12.2 Å². The topological polar surface area (TPSA) is 74.2 Å². The van der Waals surface area contributed by atoms with Crippen LogP contribution in [0, 0.1) is 5.82 Å². The van der Waals surface area contributed by atoms with Crippen LogP contribution in [0.3, 0.4) is 0 Å². The molecule has 6 nitrogen and oxygen atoms in total. The summed E-state index contributed by atoms with van der Waals surface area (Å²) in [5.74, 6) is -0.975. The van der Waals surface area contributed by atoms with Gasteiger partial charge in [-0.1, -0.05) is 25.1 Å². The van der Waals surface area contributed by atoms with E-state index >= 15 is 0 Å². The van der Waals surface area contributed by atoms with Gasteiger partial charge in [-0.15, -0.1) is 0 Å². The Morgan fingerprint density at radius 1 is 1.17 bits per heavy atom. The van der Waals surface area contributed by atoms with Crippen molar-refractivity contribution in [2.24, 2.45) is 4.99 Å². The summed E-state index contributed by atoms with van der Waals surface area (Å²) < 4.78 is 29.9. The van der Waals surface area contributed by atoms with Gasteiger partial charge in [0.15, 0.2) is 17.2 Å². The molecular formula is C22H20FNO5. The molecule has 3 rings (SSSR count). The zero-order valence-corrected chi connectivity index (χ0v) is 16.1. The Morgan fingerprint density at radius 3 is 2.69 bits per heavy atom. The lowest BCUT2D eigenvalue weighted by atomic mass is 10.1. The Balaban J connectivity index is 1.89. The highest BCUT2D eigenvalue weighted by Gasteiger charge is 2.26. The second-order valence-electron chi connectivity index (χ2n) is 6.18. The maximum atomic E-state index is 13.9. The van der Waals surface area contributed by atoms with E-state index in [0.29, 0.717) is 36.5 Å². The van der Waals surface area contributed by atoms with E-state index in [2.05, 4.69) is 4.99 Å². The second-order valence-corrected chi connectivity index (χ2v) is 6.18. The van der Waals surface area contributed by atoms with Gasteiger partial charge in [0.25, 0.3) is 0 Å². The summed E-state index contributed by atoms with van der Waals surface area (Å²) in [5, 5.41) is 0. The Bertz CT molecular complexity index is 996. The molecule has 7 heteroatoms. The molecule has 1 heterocycles. The van der Waals surface area contributed by atoms with Gasteiger partial charge in [-0.2, -0.15) is 0 Å². The minimum absolute atomic E-state index is 0.0291. The molecule has 0 unspecified atom stereocenters. The maximum absolute atomic E-state index is 13.9. The Labute approximate surface area is 167 Å². The van der Waals surface area contributed by atoms with Gasteiger partial charge in [0, 0.05) is 6.42 Å². The fourth-order valence-corrected chi connectivity index (χ4v) is 2.66. The number of benzene rings is 2. The highest BCUT2D eigenvalue weighted by molar-refractivity contribution is 6.12. The molecule has 0 radical (unpaired) electrons. The number of hydrogen-bond donors (Lipinski definition) is 0. The average molecular weight is 397 g/mol. The predicted octanol–water partition coefficient (Wildman–Crippen LogP) is 4.27. The smallest absolute Gasteiger partial charge is 0.363 e. The molecule has 2 aromatic rings. The van der Waals surface area contributed by atoms with Crippen LogP contribution in [-0.2, 0) is 14.3 Å². The molecule has 0 fully saturated rings. The number of esters is 2. The Hall–Kier alpha value is -3.48. The standard InChI is InChI=1S/C22H20FNO5/c1-3-7-20(25)28-18-11-10-14(13-19(18)27-4-2)12-17-22(26)29-21(24-17)15-8-5-6-9-16(15)23/h5-6,8-13H,3-4,7H2,1-2H3/b17-12-. The largest absolute Gasteiger partial charge is 0.490 e. The normalized spacial score (nSPS) is 14.5. The lowest BCUT2D eigenvalue weighted by Crippen LogP contribution is -2.08. The minimum atomic E-state index is -0.681. The van der Waals surface area contributed by atoms with E-state index in [9.17, 15) is 14.0 Å². The van der Waals surface area contributed by atoms with Gasteiger partial charge in [-0.25, -0.2) is 14.2 Å². The first-order chi connectivity index (χ1) is 14.0. The van der Waals surface area contributed by atoms with E-state index in [1.165, 1.54) is 24.3 Å².